The number of hydrogen-bond acceptors (Lipinski definition) is 6. The van der Waals surface area contributed by atoms with Crippen molar-refractivity contribution < 1.29 is 18.0 Å². The number of nitrogen functional groups attached to an aromatic ring is 1. The van der Waals surface area contributed by atoms with Crippen LogP contribution in [0.4, 0.5) is 30.4 Å². The summed E-state index contributed by atoms with van der Waals surface area (Å²) in [7, 11) is 3.23. The predicted molar refractivity (Wildman–Crippen MR) is 145 cm³/mol. The molecule has 11 heteroatoms. The maximum Gasteiger partial charge on any atom is 0.416 e. The average Bonchev–Trinajstić information content (AvgIpc) is 3.32. The van der Waals surface area contributed by atoms with Gasteiger partial charge in [0.1, 0.15) is 18.0 Å². The minimum absolute atomic E-state index is 0.0999. The lowest BCUT2D eigenvalue weighted by atomic mass is 10.0. The third-order valence-corrected chi connectivity index (χ3v) is 6.29. The molecule has 0 saturated carbocycles. The molecular formula is C28H24F3N7O. The van der Waals surface area contributed by atoms with Gasteiger partial charge in [-0.3, -0.25) is 9.78 Å². The Hall–Kier alpha value is -4.93. The van der Waals surface area contributed by atoms with Gasteiger partial charge in [-0.1, -0.05) is 6.07 Å². The molecule has 198 valence electrons. The van der Waals surface area contributed by atoms with E-state index in [-0.39, 0.29) is 11.3 Å². The minimum atomic E-state index is -4.59. The van der Waals surface area contributed by atoms with Gasteiger partial charge in [0.05, 0.1) is 16.8 Å². The lowest BCUT2D eigenvalue weighted by molar-refractivity contribution is -0.137. The molecule has 0 aliphatic heterocycles. The molecule has 3 aromatic heterocycles. The molecule has 0 unspecified atom stereocenters. The summed E-state index contributed by atoms with van der Waals surface area (Å²) in [6, 6.07) is 14.0. The van der Waals surface area contributed by atoms with Crippen LogP contribution in [0.5, 0.6) is 0 Å². The fraction of sp³-hybridized carbons (Fsp3) is 0.143. The summed E-state index contributed by atoms with van der Waals surface area (Å²) in [4.78, 5) is 27.4. The first kappa shape index (κ1) is 25.7. The van der Waals surface area contributed by atoms with Gasteiger partial charge in [-0.25, -0.2) is 9.97 Å². The second kappa shape index (κ2) is 9.75. The largest absolute Gasteiger partial charge is 0.416 e. The van der Waals surface area contributed by atoms with Gasteiger partial charge in [0.15, 0.2) is 0 Å². The van der Waals surface area contributed by atoms with Crippen molar-refractivity contribution in [3.63, 3.8) is 0 Å². The number of hydrogen-bond donors (Lipinski definition) is 2. The van der Waals surface area contributed by atoms with Crippen LogP contribution < -0.4 is 16.0 Å². The molecule has 0 bridgehead atoms. The van der Waals surface area contributed by atoms with Crippen molar-refractivity contribution in [2.75, 3.05) is 30.0 Å². The highest BCUT2D eigenvalue weighted by molar-refractivity contribution is 6.05. The Balaban J connectivity index is 1.49. The molecule has 0 fully saturated rings. The van der Waals surface area contributed by atoms with E-state index in [1.54, 1.807) is 38.5 Å². The monoisotopic (exact) mass is 531 g/mol. The number of benzene rings is 2. The maximum atomic E-state index is 13.5. The van der Waals surface area contributed by atoms with Crippen LogP contribution in [0.2, 0.25) is 0 Å². The number of aryl methyl sites for hydroxylation is 1. The first-order valence-electron chi connectivity index (χ1n) is 11.9. The van der Waals surface area contributed by atoms with Crippen molar-refractivity contribution in [1.82, 2.24) is 19.5 Å². The van der Waals surface area contributed by atoms with Gasteiger partial charge >= 0.3 is 6.18 Å². The number of carbonyl (C=O) groups is 1. The third kappa shape index (κ3) is 5.24. The van der Waals surface area contributed by atoms with Crippen molar-refractivity contribution in [3.8, 4) is 17.1 Å². The molecule has 0 spiro atoms. The van der Waals surface area contributed by atoms with Crippen LogP contribution in [-0.4, -0.2) is 39.5 Å². The molecule has 5 rings (SSSR count). The van der Waals surface area contributed by atoms with Crippen molar-refractivity contribution in [2.24, 2.45) is 0 Å². The van der Waals surface area contributed by atoms with Crippen LogP contribution in [0, 0.1) is 6.92 Å². The van der Waals surface area contributed by atoms with E-state index >= 15 is 0 Å². The number of amides is 1. The number of carbonyl (C=O) groups excluding carboxylic acids is 1. The maximum absolute atomic E-state index is 13.5. The van der Waals surface area contributed by atoms with Gasteiger partial charge in [0.2, 0.25) is 0 Å². The molecule has 0 aliphatic rings. The molecule has 0 radical (unpaired) electrons. The van der Waals surface area contributed by atoms with E-state index in [0.29, 0.717) is 23.0 Å². The number of nitrogens with zero attached hydrogens (tertiary/aromatic N) is 5. The van der Waals surface area contributed by atoms with E-state index in [1.807, 2.05) is 35.9 Å². The summed E-state index contributed by atoms with van der Waals surface area (Å²) >= 11 is 0. The number of aromatic nitrogens is 4. The fourth-order valence-corrected chi connectivity index (χ4v) is 4.21. The molecule has 2 aromatic carbocycles. The van der Waals surface area contributed by atoms with E-state index in [4.69, 9.17) is 5.73 Å². The fourth-order valence-electron chi connectivity index (χ4n) is 4.21. The zero-order valence-corrected chi connectivity index (χ0v) is 21.3. The van der Waals surface area contributed by atoms with E-state index in [1.165, 1.54) is 17.3 Å². The highest BCUT2D eigenvalue weighted by Gasteiger charge is 2.32. The summed E-state index contributed by atoms with van der Waals surface area (Å²) < 4.78 is 42.2. The molecule has 0 atom stereocenters. The molecule has 1 amide bonds. The van der Waals surface area contributed by atoms with Gasteiger partial charge in [-0.2, -0.15) is 13.2 Å². The van der Waals surface area contributed by atoms with Crippen molar-refractivity contribution in [2.45, 2.75) is 13.1 Å². The summed E-state index contributed by atoms with van der Waals surface area (Å²) in [6.45, 7) is 1.91. The van der Waals surface area contributed by atoms with Crippen LogP contribution >= 0.6 is 0 Å². The highest BCUT2D eigenvalue weighted by atomic mass is 19.4. The van der Waals surface area contributed by atoms with Gasteiger partial charge in [0.25, 0.3) is 5.91 Å². The van der Waals surface area contributed by atoms with Gasteiger partial charge in [0, 0.05) is 60.4 Å². The average molecular weight is 532 g/mol. The van der Waals surface area contributed by atoms with Gasteiger partial charge < -0.3 is 20.5 Å². The lowest BCUT2D eigenvalue weighted by Crippen LogP contribution is -2.17. The number of alkyl halides is 3. The zero-order valence-electron chi connectivity index (χ0n) is 21.3. The Morgan fingerprint density at radius 1 is 1.00 bits per heavy atom. The summed E-state index contributed by atoms with van der Waals surface area (Å²) in [5, 5.41) is 3.62. The van der Waals surface area contributed by atoms with E-state index in [0.717, 1.165) is 34.2 Å². The first-order chi connectivity index (χ1) is 18.5. The third-order valence-electron chi connectivity index (χ3n) is 6.29. The molecule has 3 N–H and O–H groups in total. The second-order valence-corrected chi connectivity index (χ2v) is 9.26. The topological polar surface area (TPSA) is 102 Å². The Morgan fingerprint density at radius 2 is 1.79 bits per heavy atom. The van der Waals surface area contributed by atoms with Crippen molar-refractivity contribution in [3.05, 3.63) is 90.0 Å². The first-order valence-corrected chi connectivity index (χ1v) is 11.9. The SMILES string of the molecule is Cc1ccc(NC(=O)c2cc(N(C)C)cc(C(F)(F)F)c2)cc1-c1cc2c(ccn2-c2cc(N)ncn2)cn1. The Morgan fingerprint density at radius 3 is 2.51 bits per heavy atom. The predicted octanol–water partition coefficient (Wildman–Crippen LogP) is 5.71. The molecule has 0 aliphatic carbocycles. The van der Waals surface area contributed by atoms with Crippen molar-refractivity contribution >= 4 is 34.0 Å². The normalized spacial score (nSPS) is 11.5. The van der Waals surface area contributed by atoms with E-state index in [2.05, 4.69) is 20.3 Å². The number of nitrogens with one attached hydrogen (secondary N) is 1. The summed E-state index contributed by atoms with van der Waals surface area (Å²) in [5.41, 5.74) is 8.67. The number of halogens is 3. The molecule has 3 heterocycles. The zero-order chi connectivity index (χ0) is 27.9. The van der Waals surface area contributed by atoms with Crippen LogP contribution in [0.3, 0.4) is 0 Å². The van der Waals surface area contributed by atoms with E-state index in [9.17, 15) is 18.0 Å². The standard InChI is InChI=1S/C28H24F3N7O/c1-16-4-5-20(36-27(39)18-8-19(28(29,30)31)10-21(9-18)37(2)3)11-22(16)23-12-24-17(14-33-23)6-7-38(24)26-13-25(32)34-15-35-26/h4-15H,1-3H3,(H,36,39)(H2,32,34,35). The second-order valence-electron chi connectivity index (χ2n) is 9.26. The number of rotatable bonds is 5. The van der Waals surface area contributed by atoms with Gasteiger partial charge in [-0.05, 0) is 55.0 Å². The van der Waals surface area contributed by atoms with E-state index < -0.39 is 17.6 Å². The molecule has 39 heavy (non-hydrogen) atoms. The number of fused-ring (bicyclic) bond motifs is 1. The minimum Gasteiger partial charge on any atom is -0.384 e. The Kier molecular flexibility index (Phi) is 6.43. The molecule has 8 nitrogen and oxygen atoms in total. The Labute approximate surface area is 221 Å². The highest BCUT2D eigenvalue weighted by Crippen LogP contribution is 2.33. The van der Waals surface area contributed by atoms with Crippen LogP contribution in [0.25, 0.3) is 28.0 Å². The van der Waals surface area contributed by atoms with Crippen LogP contribution in [0.1, 0.15) is 21.5 Å². The number of anilines is 3. The Bertz CT molecular complexity index is 1710. The van der Waals surface area contributed by atoms with Crippen molar-refractivity contribution in [1.29, 1.82) is 0 Å². The van der Waals surface area contributed by atoms with Crippen LogP contribution in [-0.2, 0) is 6.18 Å². The molecule has 5 aromatic rings. The summed E-state index contributed by atoms with van der Waals surface area (Å²) in [6.07, 6.45) is 0.401. The smallest absolute Gasteiger partial charge is 0.384 e. The number of pyridine rings is 1. The van der Waals surface area contributed by atoms with Gasteiger partial charge in [-0.15, -0.1) is 0 Å². The molecule has 0 saturated heterocycles. The quantitative estimate of drug-likeness (QED) is 0.301. The number of nitrogens with two attached hydrogens (primary N) is 1. The lowest BCUT2D eigenvalue weighted by Gasteiger charge is -2.17. The van der Waals surface area contributed by atoms with Crippen LogP contribution in [0.15, 0.2) is 73.3 Å². The summed E-state index contributed by atoms with van der Waals surface area (Å²) in [5.74, 6) is 0.289. The molecular weight excluding hydrogens is 507 g/mol.